The second kappa shape index (κ2) is 6.93. The largest absolute Gasteiger partial charge is 0.363 e. The summed E-state index contributed by atoms with van der Waals surface area (Å²) in [6.07, 6.45) is 0.852. The molecule has 0 aliphatic heterocycles. The minimum absolute atomic E-state index is 0.0675. The molecule has 2 heterocycles. The van der Waals surface area contributed by atoms with Gasteiger partial charge in [-0.25, -0.2) is 4.98 Å². The van der Waals surface area contributed by atoms with Gasteiger partial charge in [-0.15, -0.1) is 0 Å². The molecule has 0 aliphatic carbocycles. The molecule has 4 rings (SSSR count). The van der Waals surface area contributed by atoms with Gasteiger partial charge in [-0.1, -0.05) is 36.4 Å². The summed E-state index contributed by atoms with van der Waals surface area (Å²) in [6.45, 7) is 2.14. The van der Waals surface area contributed by atoms with E-state index in [0.717, 1.165) is 34.3 Å². The molecule has 28 heavy (non-hydrogen) atoms. The molecule has 0 N–H and O–H groups in total. The molecule has 5 heteroatoms. The van der Waals surface area contributed by atoms with Crippen molar-refractivity contribution in [3.05, 3.63) is 70.4 Å². The number of carbonyl (C=O) groups is 1. The molecule has 5 nitrogen and oxygen atoms in total. The van der Waals surface area contributed by atoms with Crippen LogP contribution in [0.15, 0.2) is 59.4 Å². The molecule has 0 fully saturated rings. The van der Waals surface area contributed by atoms with Crippen molar-refractivity contribution >= 4 is 34.0 Å². The van der Waals surface area contributed by atoms with Crippen LogP contribution in [0.2, 0.25) is 0 Å². The molecule has 0 spiro atoms. The van der Waals surface area contributed by atoms with E-state index in [1.807, 2.05) is 79.0 Å². The van der Waals surface area contributed by atoms with Crippen LogP contribution in [0.1, 0.15) is 5.56 Å². The molecule has 0 amide bonds. The van der Waals surface area contributed by atoms with E-state index in [0.29, 0.717) is 16.4 Å². The number of fused-ring (bicyclic) bond motifs is 2. The van der Waals surface area contributed by atoms with E-state index in [1.165, 1.54) is 0 Å². The Bertz CT molecular complexity index is 1260. The summed E-state index contributed by atoms with van der Waals surface area (Å²) in [5, 5.41) is 1.11. The molecule has 0 bridgehead atoms. The molecule has 0 saturated carbocycles. The van der Waals surface area contributed by atoms with Crippen molar-refractivity contribution in [3.8, 4) is 11.1 Å². The smallest absolute Gasteiger partial charge is 0.198 e. The normalized spacial score (nSPS) is 11.1. The van der Waals surface area contributed by atoms with Crippen molar-refractivity contribution in [3.63, 3.8) is 0 Å². The number of pyridine rings is 2. The van der Waals surface area contributed by atoms with E-state index in [1.54, 1.807) is 6.07 Å². The summed E-state index contributed by atoms with van der Waals surface area (Å²) in [5.74, 6) is 0.736. The Morgan fingerprint density at radius 3 is 2.39 bits per heavy atom. The number of carbonyl (C=O) groups excluding carboxylic acids is 1. The first-order valence-corrected chi connectivity index (χ1v) is 9.16. The minimum atomic E-state index is -0.0675. The zero-order chi connectivity index (χ0) is 19.8. The second-order valence-corrected chi connectivity index (χ2v) is 7.06. The first-order chi connectivity index (χ1) is 13.5. The first-order valence-electron chi connectivity index (χ1n) is 9.16. The highest BCUT2D eigenvalue weighted by atomic mass is 16.1. The van der Waals surface area contributed by atoms with Gasteiger partial charge in [-0.3, -0.25) is 4.79 Å². The maximum atomic E-state index is 13.3. The summed E-state index contributed by atoms with van der Waals surface area (Å²) < 4.78 is 1.86. The number of rotatable bonds is 4. The maximum absolute atomic E-state index is 13.3. The molecule has 0 saturated heterocycles. The third-order valence-electron chi connectivity index (χ3n) is 5.04. The average molecular weight is 371 g/mol. The second-order valence-electron chi connectivity index (χ2n) is 7.06. The highest BCUT2D eigenvalue weighted by molar-refractivity contribution is 6.01. The molecular formula is C23H21N3O2. The Kier molecular flexibility index (Phi) is 4.43. The topological polar surface area (TPSA) is 55.2 Å². The van der Waals surface area contributed by atoms with Crippen molar-refractivity contribution in [2.24, 2.45) is 0 Å². The van der Waals surface area contributed by atoms with E-state index < -0.39 is 0 Å². The lowest BCUT2D eigenvalue weighted by Crippen LogP contribution is -2.17. The van der Waals surface area contributed by atoms with Gasteiger partial charge < -0.3 is 14.3 Å². The lowest BCUT2D eigenvalue weighted by Gasteiger charge is -2.19. The van der Waals surface area contributed by atoms with E-state index in [9.17, 15) is 9.59 Å². The molecule has 2 aromatic carbocycles. The number of nitrogens with zero attached hydrogens (tertiary/aromatic N) is 3. The van der Waals surface area contributed by atoms with Gasteiger partial charge in [-0.2, -0.15) is 0 Å². The third-order valence-corrected chi connectivity index (χ3v) is 5.04. The van der Waals surface area contributed by atoms with Crippen molar-refractivity contribution in [1.82, 2.24) is 9.55 Å². The number of hydrogen-bond acceptors (Lipinski definition) is 4. The van der Waals surface area contributed by atoms with Gasteiger partial charge in [0, 0.05) is 25.0 Å². The van der Waals surface area contributed by atoms with Crippen LogP contribution < -0.4 is 10.3 Å². The zero-order valence-electron chi connectivity index (χ0n) is 16.1. The van der Waals surface area contributed by atoms with E-state index in [2.05, 4.69) is 0 Å². The lowest BCUT2D eigenvalue weighted by molar-refractivity contribution is -0.108. The highest BCUT2D eigenvalue weighted by Crippen LogP contribution is 2.32. The molecule has 0 atom stereocenters. The Morgan fingerprint density at radius 1 is 1.00 bits per heavy atom. The summed E-state index contributed by atoms with van der Waals surface area (Å²) in [6, 6.07) is 17.4. The van der Waals surface area contributed by atoms with E-state index >= 15 is 0 Å². The molecule has 2 aromatic heterocycles. The molecule has 140 valence electrons. The fourth-order valence-corrected chi connectivity index (χ4v) is 3.70. The molecule has 0 radical (unpaired) electrons. The summed E-state index contributed by atoms with van der Waals surface area (Å²) >= 11 is 0. The van der Waals surface area contributed by atoms with Gasteiger partial charge in [0.1, 0.15) is 17.8 Å². The Hall–Kier alpha value is -3.47. The summed E-state index contributed by atoms with van der Waals surface area (Å²) in [7, 11) is 3.80. The lowest BCUT2D eigenvalue weighted by atomic mass is 9.96. The van der Waals surface area contributed by atoms with Crippen molar-refractivity contribution in [2.75, 3.05) is 19.0 Å². The number of hydrogen-bond donors (Lipinski definition) is 0. The Morgan fingerprint density at radius 2 is 1.71 bits per heavy atom. The van der Waals surface area contributed by atoms with Gasteiger partial charge in [-0.05, 0) is 36.2 Å². The van der Waals surface area contributed by atoms with Gasteiger partial charge in [0.2, 0.25) is 0 Å². The van der Waals surface area contributed by atoms with Crippen LogP contribution >= 0.6 is 0 Å². The van der Waals surface area contributed by atoms with Gasteiger partial charge >= 0.3 is 0 Å². The fourth-order valence-electron chi connectivity index (χ4n) is 3.70. The van der Waals surface area contributed by atoms with Gasteiger partial charge in [0.25, 0.3) is 0 Å². The average Bonchev–Trinajstić information content (AvgIpc) is 2.71. The van der Waals surface area contributed by atoms with Crippen molar-refractivity contribution in [1.29, 1.82) is 0 Å². The zero-order valence-corrected chi connectivity index (χ0v) is 16.1. The fraction of sp³-hybridized carbons (Fsp3) is 0.174. The SMILES string of the molecule is Cc1ccc2c(=O)c3ccc(N(C)C)nc3n(CC=O)c2c1-c1ccccc1. The quantitative estimate of drug-likeness (QED) is 0.405. The van der Waals surface area contributed by atoms with E-state index in [-0.39, 0.29) is 12.0 Å². The first kappa shape index (κ1) is 17.9. The van der Waals surface area contributed by atoms with Crippen LogP contribution in [0.3, 0.4) is 0 Å². The maximum Gasteiger partial charge on any atom is 0.198 e. The monoisotopic (exact) mass is 371 g/mol. The van der Waals surface area contributed by atoms with Crippen molar-refractivity contribution < 1.29 is 4.79 Å². The van der Waals surface area contributed by atoms with Crippen LogP contribution in [0, 0.1) is 6.92 Å². The number of aldehydes is 1. The number of aryl methyl sites for hydroxylation is 1. The molecule has 4 aromatic rings. The van der Waals surface area contributed by atoms with Crippen LogP contribution in [-0.4, -0.2) is 29.9 Å². The van der Waals surface area contributed by atoms with Crippen LogP contribution in [0.5, 0.6) is 0 Å². The predicted octanol–water partition coefficient (Wildman–Crippen LogP) is 3.79. The van der Waals surface area contributed by atoms with Crippen LogP contribution in [-0.2, 0) is 11.3 Å². The van der Waals surface area contributed by atoms with Crippen LogP contribution in [0.25, 0.3) is 33.1 Å². The summed E-state index contributed by atoms with van der Waals surface area (Å²) in [5.41, 5.74) is 4.21. The Labute approximate surface area is 162 Å². The molecule has 0 aliphatic rings. The minimum Gasteiger partial charge on any atom is -0.363 e. The number of benzene rings is 2. The predicted molar refractivity (Wildman–Crippen MR) is 114 cm³/mol. The Balaban J connectivity index is 2.26. The van der Waals surface area contributed by atoms with Crippen molar-refractivity contribution in [2.45, 2.75) is 13.5 Å². The number of anilines is 1. The van der Waals surface area contributed by atoms with Gasteiger partial charge in [0.05, 0.1) is 17.4 Å². The number of aromatic nitrogens is 2. The molecular weight excluding hydrogens is 350 g/mol. The standard InChI is InChI=1S/C23H21N3O2/c1-15-9-10-17-21(20(15)16-7-5-4-6-8-16)26(13-14-27)23-18(22(17)28)11-12-19(24-23)25(2)3/h4-12,14H,13H2,1-3H3. The van der Waals surface area contributed by atoms with Crippen LogP contribution in [0.4, 0.5) is 5.82 Å². The van der Waals surface area contributed by atoms with Gasteiger partial charge in [0.15, 0.2) is 5.43 Å². The highest BCUT2D eigenvalue weighted by Gasteiger charge is 2.18. The third kappa shape index (κ3) is 2.76. The van der Waals surface area contributed by atoms with E-state index in [4.69, 9.17) is 4.98 Å². The molecule has 0 unspecified atom stereocenters. The summed E-state index contributed by atoms with van der Waals surface area (Å²) in [4.78, 5) is 31.4.